The molecule has 8 heteroatoms. The minimum absolute atomic E-state index is 0.0485. The van der Waals surface area contributed by atoms with Crippen LogP contribution in [0.2, 0.25) is 0 Å². The molecule has 0 radical (unpaired) electrons. The number of amides is 2. The van der Waals surface area contributed by atoms with E-state index in [1.165, 1.54) is 0 Å². The number of carbonyl (C=O) groups is 2. The lowest BCUT2D eigenvalue weighted by molar-refractivity contribution is -0.130. The van der Waals surface area contributed by atoms with Crippen molar-refractivity contribution in [2.24, 2.45) is 0 Å². The van der Waals surface area contributed by atoms with Gasteiger partial charge in [-0.15, -0.1) is 0 Å². The molecule has 2 amide bonds. The van der Waals surface area contributed by atoms with Crippen LogP contribution in [0.15, 0.2) is 59.2 Å². The van der Waals surface area contributed by atoms with Gasteiger partial charge in [-0.05, 0) is 24.3 Å². The Kier molecular flexibility index (Phi) is 5.09. The number of piperazine rings is 1. The average molecular weight is 379 g/mol. The van der Waals surface area contributed by atoms with Crippen molar-refractivity contribution in [1.29, 1.82) is 0 Å². The van der Waals surface area contributed by atoms with Crippen molar-refractivity contribution in [3.05, 3.63) is 60.5 Å². The van der Waals surface area contributed by atoms with E-state index in [9.17, 15) is 9.59 Å². The Labute approximate surface area is 162 Å². The van der Waals surface area contributed by atoms with Crippen molar-refractivity contribution in [1.82, 2.24) is 20.4 Å². The maximum atomic E-state index is 12.4. The summed E-state index contributed by atoms with van der Waals surface area (Å²) in [5, 5.41) is 9.37. The molecule has 28 heavy (non-hydrogen) atoms. The topological polar surface area (TPSA) is 94.5 Å². The molecule has 3 aromatic rings. The van der Waals surface area contributed by atoms with Gasteiger partial charge < -0.3 is 19.5 Å². The van der Waals surface area contributed by atoms with E-state index in [0.29, 0.717) is 24.5 Å². The zero-order valence-corrected chi connectivity index (χ0v) is 15.3. The predicted molar refractivity (Wildman–Crippen MR) is 104 cm³/mol. The lowest BCUT2D eigenvalue weighted by Crippen LogP contribution is -2.51. The van der Waals surface area contributed by atoms with Crippen molar-refractivity contribution < 1.29 is 14.0 Å². The second-order valence-corrected chi connectivity index (χ2v) is 6.53. The fourth-order valence-electron chi connectivity index (χ4n) is 3.21. The van der Waals surface area contributed by atoms with E-state index in [0.717, 1.165) is 18.8 Å². The Morgan fingerprint density at radius 2 is 1.86 bits per heavy atom. The second kappa shape index (κ2) is 7.99. The molecule has 2 aromatic heterocycles. The summed E-state index contributed by atoms with van der Waals surface area (Å²) in [6.07, 6.45) is 1.55. The highest BCUT2D eigenvalue weighted by molar-refractivity contribution is 5.95. The number of hydrogen-bond donors (Lipinski definition) is 2. The molecule has 1 aromatic carbocycles. The van der Waals surface area contributed by atoms with Crippen LogP contribution in [0.1, 0.15) is 10.5 Å². The fourth-order valence-corrected chi connectivity index (χ4v) is 3.21. The number of aromatic amines is 1. The first-order valence-corrected chi connectivity index (χ1v) is 9.16. The molecule has 0 bridgehead atoms. The predicted octanol–water partition coefficient (Wildman–Crippen LogP) is 1.75. The Morgan fingerprint density at radius 3 is 2.57 bits per heavy atom. The summed E-state index contributed by atoms with van der Waals surface area (Å²) < 4.78 is 5.26. The molecule has 1 fully saturated rings. The third-order valence-electron chi connectivity index (χ3n) is 4.75. The molecule has 2 N–H and O–H groups in total. The van der Waals surface area contributed by atoms with E-state index in [2.05, 4.69) is 32.5 Å². The molecule has 0 unspecified atom stereocenters. The third-order valence-corrected chi connectivity index (χ3v) is 4.75. The SMILES string of the molecule is O=C(NCC(=O)N1CCN(c2ccccc2)CC1)c1cc(-c2ccco2)[nH]n1. The Hall–Kier alpha value is -3.55. The third kappa shape index (κ3) is 3.90. The van der Waals surface area contributed by atoms with Crippen LogP contribution in [0.4, 0.5) is 5.69 Å². The number of nitrogens with zero attached hydrogens (tertiary/aromatic N) is 3. The summed E-state index contributed by atoms with van der Waals surface area (Å²) >= 11 is 0. The number of aromatic nitrogens is 2. The number of para-hydroxylation sites is 1. The van der Waals surface area contributed by atoms with Crippen molar-refractivity contribution >= 4 is 17.5 Å². The van der Waals surface area contributed by atoms with Crippen LogP contribution >= 0.6 is 0 Å². The van der Waals surface area contributed by atoms with Crippen LogP contribution in [0.5, 0.6) is 0 Å². The summed E-state index contributed by atoms with van der Waals surface area (Å²) in [5.74, 6) is 0.104. The van der Waals surface area contributed by atoms with Gasteiger partial charge in [-0.2, -0.15) is 5.10 Å². The van der Waals surface area contributed by atoms with Gasteiger partial charge in [0, 0.05) is 37.9 Å². The molecular weight excluding hydrogens is 358 g/mol. The minimum atomic E-state index is -0.398. The van der Waals surface area contributed by atoms with Gasteiger partial charge >= 0.3 is 0 Å². The van der Waals surface area contributed by atoms with Gasteiger partial charge in [0.05, 0.1) is 12.8 Å². The van der Waals surface area contributed by atoms with E-state index in [1.54, 1.807) is 29.4 Å². The lowest BCUT2D eigenvalue weighted by Gasteiger charge is -2.36. The van der Waals surface area contributed by atoms with Crippen LogP contribution in [0, 0.1) is 0 Å². The van der Waals surface area contributed by atoms with Crippen LogP contribution in [0.25, 0.3) is 11.5 Å². The molecule has 1 aliphatic rings. The molecule has 1 saturated heterocycles. The number of H-pyrrole nitrogens is 1. The summed E-state index contributed by atoms with van der Waals surface area (Å²) in [7, 11) is 0. The van der Waals surface area contributed by atoms with Gasteiger partial charge in [0.15, 0.2) is 11.5 Å². The minimum Gasteiger partial charge on any atom is -0.463 e. The van der Waals surface area contributed by atoms with Gasteiger partial charge in [-0.25, -0.2) is 0 Å². The highest BCUT2D eigenvalue weighted by atomic mass is 16.3. The number of nitrogens with one attached hydrogen (secondary N) is 2. The quantitative estimate of drug-likeness (QED) is 0.704. The molecule has 0 spiro atoms. The van der Waals surface area contributed by atoms with Gasteiger partial charge in [-0.1, -0.05) is 18.2 Å². The molecular formula is C20H21N5O3. The Balaban J connectivity index is 1.26. The first-order chi connectivity index (χ1) is 13.7. The molecule has 0 aliphatic carbocycles. The van der Waals surface area contributed by atoms with Crippen molar-refractivity contribution in [3.8, 4) is 11.5 Å². The average Bonchev–Trinajstić information content (AvgIpc) is 3.44. The Bertz CT molecular complexity index is 928. The van der Waals surface area contributed by atoms with E-state index in [-0.39, 0.29) is 18.1 Å². The second-order valence-electron chi connectivity index (χ2n) is 6.53. The van der Waals surface area contributed by atoms with Crippen LogP contribution in [-0.2, 0) is 4.79 Å². The molecule has 0 atom stereocenters. The summed E-state index contributed by atoms with van der Waals surface area (Å²) in [5.41, 5.74) is 1.99. The highest BCUT2D eigenvalue weighted by Gasteiger charge is 2.22. The molecule has 0 saturated carbocycles. The van der Waals surface area contributed by atoms with Gasteiger partial charge in [-0.3, -0.25) is 14.7 Å². The number of rotatable bonds is 5. The van der Waals surface area contributed by atoms with Crippen LogP contribution in [-0.4, -0.2) is 59.6 Å². The zero-order valence-electron chi connectivity index (χ0n) is 15.3. The number of hydrogen-bond acceptors (Lipinski definition) is 5. The van der Waals surface area contributed by atoms with Gasteiger partial charge in [0.25, 0.3) is 5.91 Å². The first kappa shape index (κ1) is 17.8. The zero-order chi connectivity index (χ0) is 19.3. The Morgan fingerprint density at radius 1 is 1.07 bits per heavy atom. The van der Waals surface area contributed by atoms with E-state index in [4.69, 9.17) is 4.42 Å². The van der Waals surface area contributed by atoms with E-state index < -0.39 is 5.91 Å². The molecule has 8 nitrogen and oxygen atoms in total. The first-order valence-electron chi connectivity index (χ1n) is 9.16. The summed E-state index contributed by atoms with van der Waals surface area (Å²) in [6.45, 7) is 2.77. The van der Waals surface area contributed by atoms with E-state index >= 15 is 0 Å². The molecule has 1 aliphatic heterocycles. The van der Waals surface area contributed by atoms with Crippen molar-refractivity contribution in [3.63, 3.8) is 0 Å². The van der Waals surface area contributed by atoms with Crippen molar-refractivity contribution in [2.75, 3.05) is 37.6 Å². The standard InChI is InChI=1S/C20H21N5O3/c26-19(25-10-8-24(9-11-25)15-5-2-1-3-6-15)14-21-20(27)17-13-16(22-23-17)18-7-4-12-28-18/h1-7,12-13H,8-11,14H2,(H,21,27)(H,22,23). The van der Waals surface area contributed by atoms with Gasteiger partial charge in [0.1, 0.15) is 5.69 Å². The van der Waals surface area contributed by atoms with Crippen LogP contribution < -0.4 is 10.2 Å². The van der Waals surface area contributed by atoms with Crippen LogP contribution in [0.3, 0.4) is 0 Å². The number of anilines is 1. The van der Waals surface area contributed by atoms with Crippen molar-refractivity contribution in [2.45, 2.75) is 0 Å². The largest absolute Gasteiger partial charge is 0.463 e. The van der Waals surface area contributed by atoms with E-state index in [1.807, 2.05) is 18.2 Å². The maximum absolute atomic E-state index is 12.4. The fraction of sp³-hybridized carbons (Fsp3) is 0.250. The smallest absolute Gasteiger partial charge is 0.272 e. The molecule has 3 heterocycles. The normalized spacial score (nSPS) is 14.1. The molecule has 4 rings (SSSR count). The monoisotopic (exact) mass is 379 g/mol. The lowest BCUT2D eigenvalue weighted by atomic mass is 10.2. The van der Waals surface area contributed by atoms with Gasteiger partial charge in [0.2, 0.25) is 5.91 Å². The summed E-state index contributed by atoms with van der Waals surface area (Å²) in [6, 6.07) is 15.3. The number of carbonyl (C=O) groups excluding carboxylic acids is 2. The maximum Gasteiger partial charge on any atom is 0.272 e. The molecule has 144 valence electrons. The number of furan rings is 1. The number of benzene rings is 1. The highest BCUT2D eigenvalue weighted by Crippen LogP contribution is 2.18. The summed E-state index contributed by atoms with van der Waals surface area (Å²) in [4.78, 5) is 28.7.